The molecule has 0 unspecified atom stereocenters. The molecule has 1 aliphatic heterocycles. The van der Waals surface area contributed by atoms with Crippen molar-refractivity contribution in [1.82, 2.24) is 0 Å². The van der Waals surface area contributed by atoms with Crippen LogP contribution in [0, 0.1) is 0 Å². The lowest BCUT2D eigenvalue weighted by atomic mass is 10.1. The van der Waals surface area contributed by atoms with Crippen molar-refractivity contribution >= 4 is 5.97 Å². The van der Waals surface area contributed by atoms with Crippen LogP contribution >= 0.6 is 0 Å². The summed E-state index contributed by atoms with van der Waals surface area (Å²) in [5.41, 5.74) is 0.432. The number of hydrogen-bond acceptors (Lipinski definition) is 3. The van der Waals surface area contributed by atoms with E-state index in [0.29, 0.717) is 5.57 Å². The lowest BCUT2D eigenvalue weighted by Crippen LogP contribution is -2.18. The van der Waals surface area contributed by atoms with Gasteiger partial charge in [0, 0.05) is 0 Å². The van der Waals surface area contributed by atoms with Gasteiger partial charge in [-0.2, -0.15) is 0 Å². The minimum atomic E-state index is -0.367. The van der Waals surface area contributed by atoms with Crippen LogP contribution in [-0.2, 0) is 14.3 Å². The summed E-state index contributed by atoms with van der Waals surface area (Å²) in [5, 5.41) is 0. The summed E-state index contributed by atoms with van der Waals surface area (Å²) < 4.78 is 9.99. The van der Waals surface area contributed by atoms with Crippen molar-refractivity contribution < 1.29 is 14.3 Å². The van der Waals surface area contributed by atoms with Gasteiger partial charge in [0.05, 0.1) is 24.9 Å². The Morgan fingerprint density at radius 3 is 2.67 bits per heavy atom. The van der Waals surface area contributed by atoms with Gasteiger partial charge in [-0.15, -0.1) is 0 Å². The van der Waals surface area contributed by atoms with Crippen LogP contribution in [0.2, 0.25) is 0 Å². The SMILES string of the molecule is C=C(C(=O)OC)[C@@H]1CC[C@H](C)O1. The molecule has 0 radical (unpaired) electrons. The first-order valence-electron chi connectivity index (χ1n) is 4.07. The van der Waals surface area contributed by atoms with Crippen LogP contribution in [0.25, 0.3) is 0 Å². The first kappa shape index (κ1) is 9.26. The highest BCUT2D eigenvalue weighted by Gasteiger charge is 2.27. The van der Waals surface area contributed by atoms with Crippen LogP contribution in [0.3, 0.4) is 0 Å². The van der Waals surface area contributed by atoms with E-state index in [1.165, 1.54) is 7.11 Å². The third-order valence-corrected chi connectivity index (χ3v) is 2.07. The van der Waals surface area contributed by atoms with Crippen molar-refractivity contribution in [2.24, 2.45) is 0 Å². The van der Waals surface area contributed by atoms with E-state index in [1.54, 1.807) is 0 Å². The molecule has 1 saturated heterocycles. The third kappa shape index (κ3) is 1.85. The number of rotatable bonds is 2. The van der Waals surface area contributed by atoms with Crippen molar-refractivity contribution in [2.75, 3.05) is 7.11 Å². The molecule has 2 atom stereocenters. The minimum Gasteiger partial charge on any atom is -0.466 e. The zero-order valence-electron chi connectivity index (χ0n) is 7.50. The molecule has 3 heteroatoms. The summed E-state index contributed by atoms with van der Waals surface area (Å²) >= 11 is 0. The molecule has 0 amide bonds. The minimum absolute atomic E-state index is 0.132. The Morgan fingerprint density at radius 1 is 1.58 bits per heavy atom. The highest BCUT2D eigenvalue weighted by Crippen LogP contribution is 2.24. The van der Waals surface area contributed by atoms with E-state index in [1.807, 2.05) is 6.92 Å². The number of hydrogen-bond donors (Lipinski definition) is 0. The Bertz CT molecular complexity index is 198. The zero-order chi connectivity index (χ0) is 9.14. The monoisotopic (exact) mass is 170 g/mol. The molecule has 0 aromatic carbocycles. The van der Waals surface area contributed by atoms with Crippen LogP contribution in [0.1, 0.15) is 19.8 Å². The van der Waals surface area contributed by atoms with Crippen molar-refractivity contribution in [2.45, 2.75) is 32.0 Å². The molecule has 0 bridgehead atoms. The molecule has 68 valence electrons. The van der Waals surface area contributed by atoms with E-state index in [9.17, 15) is 4.79 Å². The van der Waals surface area contributed by atoms with E-state index >= 15 is 0 Å². The molecule has 0 spiro atoms. The highest BCUT2D eigenvalue weighted by molar-refractivity contribution is 5.88. The second-order valence-electron chi connectivity index (χ2n) is 3.03. The number of methoxy groups -OCH3 is 1. The van der Waals surface area contributed by atoms with Crippen molar-refractivity contribution in [3.63, 3.8) is 0 Å². The lowest BCUT2D eigenvalue weighted by molar-refractivity contribution is -0.137. The Balaban J connectivity index is 2.48. The lowest BCUT2D eigenvalue weighted by Gasteiger charge is -2.11. The first-order valence-corrected chi connectivity index (χ1v) is 4.07. The van der Waals surface area contributed by atoms with Crippen molar-refractivity contribution in [1.29, 1.82) is 0 Å². The average Bonchev–Trinajstić information content (AvgIpc) is 2.49. The van der Waals surface area contributed by atoms with E-state index in [4.69, 9.17) is 4.74 Å². The average molecular weight is 170 g/mol. The Kier molecular flexibility index (Phi) is 2.87. The molecule has 0 aromatic rings. The summed E-state index contributed by atoms with van der Waals surface area (Å²) in [6.45, 7) is 5.63. The van der Waals surface area contributed by atoms with Crippen molar-refractivity contribution in [3.8, 4) is 0 Å². The Morgan fingerprint density at radius 2 is 2.25 bits per heavy atom. The topological polar surface area (TPSA) is 35.5 Å². The smallest absolute Gasteiger partial charge is 0.335 e. The molecule has 0 aliphatic carbocycles. The van der Waals surface area contributed by atoms with Crippen LogP contribution in [0.5, 0.6) is 0 Å². The molecule has 1 rings (SSSR count). The highest BCUT2D eigenvalue weighted by atomic mass is 16.5. The molecule has 0 saturated carbocycles. The third-order valence-electron chi connectivity index (χ3n) is 2.07. The van der Waals surface area contributed by atoms with Crippen molar-refractivity contribution in [3.05, 3.63) is 12.2 Å². The van der Waals surface area contributed by atoms with Crippen LogP contribution in [-0.4, -0.2) is 25.3 Å². The van der Waals surface area contributed by atoms with Gasteiger partial charge in [-0.25, -0.2) is 4.79 Å². The number of carbonyl (C=O) groups is 1. The van der Waals surface area contributed by atoms with Gasteiger partial charge in [0.25, 0.3) is 0 Å². The van der Waals surface area contributed by atoms with E-state index in [2.05, 4.69) is 11.3 Å². The standard InChI is InChI=1S/C9H14O3/c1-6-4-5-8(12-6)7(2)9(10)11-3/h6,8H,2,4-5H2,1,3H3/t6-,8-/m0/s1. The maximum atomic E-state index is 11.0. The molecular weight excluding hydrogens is 156 g/mol. The molecule has 1 fully saturated rings. The van der Waals surface area contributed by atoms with E-state index < -0.39 is 0 Å². The van der Waals surface area contributed by atoms with Crippen LogP contribution in [0.4, 0.5) is 0 Å². The van der Waals surface area contributed by atoms with Gasteiger partial charge < -0.3 is 9.47 Å². The fourth-order valence-electron chi connectivity index (χ4n) is 1.32. The first-order chi connectivity index (χ1) is 5.65. The molecule has 3 nitrogen and oxygen atoms in total. The second kappa shape index (κ2) is 3.72. The predicted octanol–water partition coefficient (Wildman–Crippen LogP) is 1.28. The Labute approximate surface area is 72.4 Å². The van der Waals surface area contributed by atoms with Crippen LogP contribution in [0.15, 0.2) is 12.2 Å². The van der Waals surface area contributed by atoms with Gasteiger partial charge in [0.2, 0.25) is 0 Å². The quantitative estimate of drug-likeness (QED) is 0.462. The van der Waals surface area contributed by atoms with E-state index in [0.717, 1.165) is 12.8 Å². The number of carbonyl (C=O) groups excluding carboxylic acids is 1. The Hall–Kier alpha value is -0.830. The summed E-state index contributed by atoms with van der Waals surface area (Å²) in [7, 11) is 1.35. The number of ether oxygens (including phenoxy) is 2. The fourth-order valence-corrected chi connectivity index (χ4v) is 1.32. The number of esters is 1. The summed E-state index contributed by atoms with van der Waals surface area (Å²) in [5.74, 6) is -0.367. The maximum Gasteiger partial charge on any atom is 0.335 e. The maximum absolute atomic E-state index is 11.0. The molecule has 1 heterocycles. The largest absolute Gasteiger partial charge is 0.466 e. The van der Waals surface area contributed by atoms with Gasteiger partial charge in [0.15, 0.2) is 0 Å². The van der Waals surface area contributed by atoms with Gasteiger partial charge >= 0.3 is 5.97 Å². The van der Waals surface area contributed by atoms with Gasteiger partial charge in [0.1, 0.15) is 0 Å². The summed E-state index contributed by atoms with van der Waals surface area (Å²) in [6.07, 6.45) is 1.96. The predicted molar refractivity (Wildman–Crippen MR) is 44.7 cm³/mol. The second-order valence-corrected chi connectivity index (χ2v) is 3.03. The molecule has 0 N–H and O–H groups in total. The van der Waals surface area contributed by atoms with Gasteiger partial charge in [-0.05, 0) is 19.8 Å². The molecule has 0 aromatic heterocycles. The van der Waals surface area contributed by atoms with E-state index in [-0.39, 0.29) is 18.2 Å². The van der Waals surface area contributed by atoms with Crippen LogP contribution < -0.4 is 0 Å². The fraction of sp³-hybridized carbons (Fsp3) is 0.667. The van der Waals surface area contributed by atoms with Gasteiger partial charge in [-0.1, -0.05) is 6.58 Å². The molecule has 12 heavy (non-hydrogen) atoms. The summed E-state index contributed by atoms with van der Waals surface area (Å²) in [6, 6.07) is 0. The van der Waals surface area contributed by atoms with Gasteiger partial charge in [-0.3, -0.25) is 0 Å². The zero-order valence-corrected chi connectivity index (χ0v) is 7.50. The summed E-state index contributed by atoms with van der Waals surface area (Å²) in [4.78, 5) is 11.0. The molecular formula is C9H14O3. The normalized spacial score (nSPS) is 28.5. The molecule has 1 aliphatic rings.